The number of hydrogen-bond acceptors (Lipinski definition) is 4. The summed E-state index contributed by atoms with van der Waals surface area (Å²) in [5.41, 5.74) is -0.286. The Labute approximate surface area is 129 Å². The van der Waals surface area contributed by atoms with Crippen LogP contribution in [0, 0.1) is 0 Å². The molecule has 0 saturated carbocycles. The lowest BCUT2D eigenvalue weighted by molar-refractivity contribution is -0.207. The maximum atomic E-state index is 11.2. The van der Waals surface area contributed by atoms with Crippen LogP contribution in [-0.4, -0.2) is 37.5 Å². The van der Waals surface area contributed by atoms with Crippen LogP contribution >= 0.6 is 15.9 Å². The van der Waals surface area contributed by atoms with E-state index < -0.39 is 0 Å². The highest BCUT2D eigenvalue weighted by Gasteiger charge is 2.34. The van der Waals surface area contributed by atoms with Crippen LogP contribution in [0.1, 0.15) is 33.1 Å². The molecule has 1 heterocycles. The minimum Gasteiger partial charge on any atom is -0.469 e. The van der Waals surface area contributed by atoms with Crippen molar-refractivity contribution in [1.29, 1.82) is 0 Å². The molecular weight excluding hydrogens is 324 g/mol. The molecule has 1 saturated heterocycles. The summed E-state index contributed by atoms with van der Waals surface area (Å²) >= 11 is 3.22. The van der Waals surface area contributed by atoms with Crippen molar-refractivity contribution in [3.05, 3.63) is 23.2 Å². The highest BCUT2D eigenvalue weighted by atomic mass is 79.9. The number of esters is 1. The smallest absolute Gasteiger partial charge is 0.305 e. The van der Waals surface area contributed by atoms with Gasteiger partial charge in [0.05, 0.1) is 25.4 Å². The third-order valence-corrected chi connectivity index (χ3v) is 3.35. The van der Waals surface area contributed by atoms with Gasteiger partial charge in [0, 0.05) is 6.42 Å². The molecule has 1 aliphatic heterocycles. The Kier molecular flexibility index (Phi) is 7.48. The molecule has 20 heavy (non-hydrogen) atoms. The van der Waals surface area contributed by atoms with Gasteiger partial charge in [-0.05, 0) is 31.7 Å². The van der Waals surface area contributed by atoms with Crippen LogP contribution in [0.25, 0.3) is 0 Å². The SMILES string of the molecule is COC(=O)CCC[C@@H]1OC(C)(C)CO[C@@H]1/C=C/C=C/Br. The summed E-state index contributed by atoms with van der Waals surface area (Å²) in [7, 11) is 1.41. The predicted octanol–water partition coefficient (Wildman–Crippen LogP) is 3.36. The van der Waals surface area contributed by atoms with Gasteiger partial charge < -0.3 is 14.2 Å². The van der Waals surface area contributed by atoms with Crippen molar-refractivity contribution in [3.63, 3.8) is 0 Å². The van der Waals surface area contributed by atoms with E-state index in [0.717, 1.165) is 12.8 Å². The largest absolute Gasteiger partial charge is 0.469 e. The molecule has 0 aromatic carbocycles. The first-order valence-corrected chi connectivity index (χ1v) is 7.70. The first kappa shape index (κ1) is 17.4. The van der Waals surface area contributed by atoms with Gasteiger partial charge in [-0.15, -0.1) is 0 Å². The monoisotopic (exact) mass is 346 g/mol. The van der Waals surface area contributed by atoms with E-state index in [1.165, 1.54) is 7.11 Å². The van der Waals surface area contributed by atoms with Crippen LogP contribution in [0.4, 0.5) is 0 Å². The van der Waals surface area contributed by atoms with Gasteiger partial charge in [-0.25, -0.2) is 0 Å². The van der Waals surface area contributed by atoms with Crippen LogP contribution in [0.3, 0.4) is 0 Å². The van der Waals surface area contributed by atoms with Crippen LogP contribution in [0.15, 0.2) is 23.2 Å². The minimum atomic E-state index is -0.286. The standard InChI is InChI=1S/C15H23BrO4/c1-15(2)11-19-12(7-4-5-10-16)13(20-15)8-6-9-14(17)18-3/h4-5,7,10,12-13H,6,8-9,11H2,1-3H3/b7-4+,10-5+/t12-,13+/m1/s1. The van der Waals surface area contributed by atoms with Gasteiger partial charge in [-0.2, -0.15) is 0 Å². The van der Waals surface area contributed by atoms with E-state index in [0.29, 0.717) is 13.0 Å². The van der Waals surface area contributed by atoms with Crippen molar-refractivity contribution in [3.8, 4) is 0 Å². The van der Waals surface area contributed by atoms with Gasteiger partial charge in [-0.3, -0.25) is 4.79 Å². The topological polar surface area (TPSA) is 44.8 Å². The molecule has 0 aliphatic carbocycles. The zero-order chi connectivity index (χ0) is 15.0. The van der Waals surface area contributed by atoms with E-state index >= 15 is 0 Å². The number of carbonyl (C=O) groups is 1. The maximum Gasteiger partial charge on any atom is 0.305 e. The quantitative estimate of drug-likeness (QED) is 0.546. The average Bonchev–Trinajstić information content (AvgIpc) is 2.40. The van der Waals surface area contributed by atoms with E-state index in [1.807, 2.05) is 32.1 Å². The van der Waals surface area contributed by atoms with Crippen molar-refractivity contribution in [2.75, 3.05) is 13.7 Å². The second-order valence-electron chi connectivity index (χ2n) is 5.36. The van der Waals surface area contributed by atoms with Crippen molar-refractivity contribution < 1.29 is 19.0 Å². The first-order chi connectivity index (χ1) is 9.48. The zero-order valence-electron chi connectivity index (χ0n) is 12.3. The number of hydrogen-bond donors (Lipinski definition) is 0. The zero-order valence-corrected chi connectivity index (χ0v) is 13.9. The molecule has 1 rings (SSSR count). The summed E-state index contributed by atoms with van der Waals surface area (Å²) in [5.74, 6) is -0.185. The normalized spacial score (nSPS) is 26.2. The van der Waals surface area contributed by atoms with E-state index in [2.05, 4.69) is 20.7 Å². The fourth-order valence-electron chi connectivity index (χ4n) is 2.08. The molecule has 0 radical (unpaired) electrons. The molecule has 114 valence electrons. The summed E-state index contributed by atoms with van der Waals surface area (Å²) < 4.78 is 16.6. The Morgan fingerprint density at radius 1 is 1.45 bits per heavy atom. The molecule has 5 heteroatoms. The van der Waals surface area contributed by atoms with Gasteiger partial charge in [0.1, 0.15) is 6.10 Å². The molecule has 0 aromatic heterocycles. The van der Waals surface area contributed by atoms with Crippen LogP contribution in [0.5, 0.6) is 0 Å². The predicted molar refractivity (Wildman–Crippen MR) is 81.8 cm³/mol. The fourth-order valence-corrected chi connectivity index (χ4v) is 2.26. The van der Waals surface area contributed by atoms with E-state index in [1.54, 1.807) is 4.99 Å². The lowest BCUT2D eigenvalue weighted by Crippen LogP contribution is -2.48. The molecule has 0 aromatic rings. The molecule has 0 unspecified atom stereocenters. The van der Waals surface area contributed by atoms with Crippen LogP contribution in [-0.2, 0) is 19.0 Å². The molecular formula is C15H23BrO4. The third kappa shape index (κ3) is 6.20. The summed E-state index contributed by atoms with van der Waals surface area (Å²) in [6.07, 6.45) is 7.58. The van der Waals surface area contributed by atoms with Crippen molar-refractivity contribution >= 4 is 21.9 Å². The van der Waals surface area contributed by atoms with Gasteiger partial charge in [0.15, 0.2) is 0 Å². The van der Waals surface area contributed by atoms with Crippen LogP contribution < -0.4 is 0 Å². The van der Waals surface area contributed by atoms with Crippen molar-refractivity contribution in [2.45, 2.75) is 50.9 Å². The first-order valence-electron chi connectivity index (χ1n) is 6.78. The summed E-state index contributed by atoms with van der Waals surface area (Å²) in [4.78, 5) is 12.9. The molecule has 0 amide bonds. The fraction of sp³-hybridized carbons (Fsp3) is 0.667. The second-order valence-corrected chi connectivity index (χ2v) is 5.89. The lowest BCUT2D eigenvalue weighted by atomic mass is 10.0. The molecule has 2 atom stereocenters. The Morgan fingerprint density at radius 2 is 2.20 bits per heavy atom. The van der Waals surface area contributed by atoms with Gasteiger partial charge in [0.2, 0.25) is 0 Å². The number of allylic oxidation sites excluding steroid dienone is 2. The summed E-state index contributed by atoms with van der Waals surface area (Å²) in [5, 5.41) is 0. The maximum absolute atomic E-state index is 11.2. The number of carbonyl (C=O) groups excluding carboxylic acids is 1. The Balaban J connectivity index is 2.55. The second kappa shape index (κ2) is 8.60. The number of methoxy groups -OCH3 is 1. The van der Waals surface area contributed by atoms with Crippen LogP contribution in [0.2, 0.25) is 0 Å². The summed E-state index contributed by atoms with van der Waals surface area (Å²) in [6, 6.07) is 0. The van der Waals surface area contributed by atoms with Gasteiger partial charge in [-0.1, -0.05) is 34.2 Å². The van der Waals surface area contributed by atoms with E-state index in [-0.39, 0.29) is 23.8 Å². The number of halogens is 1. The molecule has 4 nitrogen and oxygen atoms in total. The van der Waals surface area contributed by atoms with Gasteiger partial charge >= 0.3 is 5.97 Å². The van der Waals surface area contributed by atoms with Gasteiger partial charge in [0.25, 0.3) is 0 Å². The average molecular weight is 347 g/mol. The number of ether oxygens (including phenoxy) is 3. The molecule has 1 fully saturated rings. The Bertz CT molecular complexity index is 363. The molecule has 0 bridgehead atoms. The Morgan fingerprint density at radius 3 is 2.85 bits per heavy atom. The highest BCUT2D eigenvalue weighted by molar-refractivity contribution is 9.11. The van der Waals surface area contributed by atoms with Crippen molar-refractivity contribution in [2.24, 2.45) is 0 Å². The molecule has 1 aliphatic rings. The number of rotatable bonds is 6. The lowest BCUT2D eigenvalue weighted by Gasteiger charge is -2.40. The summed E-state index contributed by atoms with van der Waals surface area (Å²) in [6.45, 7) is 4.59. The third-order valence-electron chi connectivity index (χ3n) is 3.04. The van der Waals surface area contributed by atoms with E-state index in [4.69, 9.17) is 9.47 Å². The highest BCUT2D eigenvalue weighted by Crippen LogP contribution is 2.27. The minimum absolute atomic E-state index is 0.0385. The molecule has 0 spiro atoms. The van der Waals surface area contributed by atoms with Crippen molar-refractivity contribution in [1.82, 2.24) is 0 Å². The Hall–Kier alpha value is -0.650. The van der Waals surface area contributed by atoms with E-state index in [9.17, 15) is 4.79 Å². The molecule has 0 N–H and O–H groups in total.